The van der Waals surface area contributed by atoms with E-state index in [-0.39, 0.29) is 42.2 Å². The number of aromatic hydroxyl groups is 1. The van der Waals surface area contributed by atoms with Crippen LogP contribution >= 0.6 is 0 Å². The second-order valence-corrected chi connectivity index (χ2v) is 12.4. The average Bonchev–Trinajstić information content (AvgIpc) is 3.04. The number of carbonyl (C=O) groups excluding carboxylic acids is 1. The Morgan fingerprint density at radius 3 is 2.54 bits per heavy atom. The highest BCUT2D eigenvalue weighted by Gasteiger charge is 2.49. The van der Waals surface area contributed by atoms with E-state index >= 15 is 0 Å². The van der Waals surface area contributed by atoms with E-state index in [1.165, 1.54) is 12.1 Å². The van der Waals surface area contributed by atoms with Gasteiger partial charge in [-0.25, -0.2) is 4.39 Å². The normalized spacial score (nSPS) is 29.5. The van der Waals surface area contributed by atoms with Gasteiger partial charge in [0.15, 0.2) is 0 Å². The Balaban J connectivity index is 1.20. The van der Waals surface area contributed by atoms with Crippen LogP contribution in [0.4, 0.5) is 10.1 Å². The lowest BCUT2D eigenvalue weighted by molar-refractivity contribution is -0.131. The Morgan fingerprint density at radius 1 is 1.02 bits per heavy atom. The molecule has 2 unspecified atom stereocenters. The van der Waals surface area contributed by atoms with Gasteiger partial charge < -0.3 is 30.1 Å². The molecule has 3 aliphatic rings. The minimum Gasteiger partial charge on any atom is -0.508 e. The minimum absolute atomic E-state index is 0.0625. The smallest absolute Gasteiger partial charge is 0.233 e. The molecule has 2 fully saturated rings. The summed E-state index contributed by atoms with van der Waals surface area (Å²) >= 11 is 0. The first kappa shape index (κ1) is 31.9. The van der Waals surface area contributed by atoms with Crippen LogP contribution in [0.5, 0.6) is 5.75 Å². The summed E-state index contributed by atoms with van der Waals surface area (Å²) in [6.07, 6.45) is 10.6. The predicted molar refractivity (Wildman–Crippen MR) is 174 cm³/mol. The van der Waals surface area contributed by atoms with E-state index in [1.54, 1.807) is 23.1 Å². The fourth-order valence-electron chi connectivity index (χ4n) is 6.90. The second-order valence-electron chi connectivity index (χ2n) is 12.4. The zero-order chi connectivity index (χ0) is 32.2. The van der Waals surface area contributed by atoms with Crippen LogP contribution in [0.15, 0.2) is 103 Å². The van der Waals surface area contributed by atoms with Gasteiger partial charge >= 0.3 is 0 Å². The minimum atomic E-state index is -0.840. The Morgan fingerprint density at radius 2 is 1.80 bits per heavy atom. The first-order chi connectivity index (χ1) is 22.3. The summed E-state index contributed by atoms with van der Waals surface area (Å²) in [6, 6.07) is 20.2. The number of benzene rings is 3. The molecule has 0 bridgehead atoms. The molecule has 3 aromatic carbocycles. The van der Waals surface area contributed by atoms with Gasteiger partial charge in [-0.2, -0.15) is 0 Å². The van der Waals surface area contributed by atoms with E-state index in [4.69, 9.17) is 4.74 Å². The highest BCUT2D eigenvalue weighted by Crippen LogP contribution is 2.49. The van der Waals surface area contributed by atoms with Gasteiger partial charge in [-0.3, -0.25) is 4.79 Å². The van der Waals surface area contributed by atoms with Gasteiger partial charge in [0.2, 0.25) is 5.91 Å². The molecular weight excluding hydrogens is 585 g/mol. The van der Waals surface area contributed by atoms with Crippen molar-refractivity contribution in [2.24, 2.45) is 11.8 Å². The van der Waals surface area contributed by atoms with Crippen molar-refractivity contribution in [2.45, 2.75) is 62.6 Å². The largest absolute Gasteiger partial charge is 0.508 e. The number of aliphatic hydroxyl groups excluding tert-OH is 3. The first-order valence-corrected chi connectivity index (χ1v) is 16.0. The number of carbonyl (C=O) groups is 1. The van der Waals surface area contributed by atoms with Gasteiger partial charge in [-0.1, -0.05) is 72.8 Å². The van der Waals surface area contributed by atoms with Crippen molar-refractivity contribution in [1.29, 1.82) is 0 Å². The summed E-state index contributed by atoms with van der Waals surface area (Å²) in [5, 5.41) is 41.9. The highest BCUT2D eigenvalue weighted by molar-refractivity contribution is 6.03. The Labute approximate surface area is 268 Å². The van der Waals surface area contributed by atoms with E-state index in [0.717, 1.165) is 16.8 Å². The number of para-hydroxylation sites is 1. The number of hydrogen-bond donors (Lipinski definition) is 4. The van der Waals surface area contributed by atoms with Crippen molar-refractivity contribution >= 4 is 17.2 Å². The molecule has 240 valence electrons. The zero-order valence-electron chi connectivity index (χ0n) is 25.5. The molecule has 3 aromatic rings. The number of phenolic OH excluding ortho intramolecular Hbond substituents is 1. The fourth-order valence-corrected chi connectivity index (χ4v) is 6.90. The number of amides is 1. The van der Waals surface area contributed by atoms with Crippen LogP contribution in [0.3, 0.4) is 0 Å². The van der Waals surface area contributed by atoms with Gasteiger partial charge in [-0.15, -0.1) is 0 Å². The fraction of sp³-hybridized carbons (Fsp3) is 0.342. The van der Waals surface area contributed by atoms with Crippen LogP contribution in [0.25, 0.3) is 5.57 Å². The molecule has 6 rings (SSSR count). The Hall–Kier alpha value is -4.08. The van der Waals surface area contributed by atoms with Crippen LogP contribution in [0, 0.1) is 17.7 Å². The van der Waals surface area contributed by atoms with Crippen molar-refractivity contribution in [2.75, 3.05) is 11.5 Å². The summed E-state index contributed by atoms with van der Waals surface area (Å²) in [5.74, 6) is -0.750. The average molecular weight is 626 g/mol. The summed E-state index contributed by atoms with van der Waals surface area (Å²) < 4.78 is 19.4. The van der Waals surface area contributed by atoms with Crippen molar-refractivity contribution in [3.63, 3.8) is 0 Å². The molecule has 0 saturated carbocycles. The van der Waals surface area contributed by atoms with Gasteiger partial charge in [-0.05, 0) is 66.3 Å². The van der Waals surface area contributed by atoms with E-state index < -0.39 is 24.2 Å². The van der Waals surface area contributed by atoms with Gasteiger partial charge in [0, 0.05) is 30.0 Å². The van der Waals surface area contributed by atoms with E-state index in [9.17, 15) is 29.6 Å². The van der Waals surface area contributed by atoms with Crippen LogP contribution < -0.4 is 4.90 Å². The van der Waals surface area contributed by atoms with Crippen molar-refractivity contribution < 1.29 is 34.3 Å². The molecule has 0 radical (unpaired) electrons. The van der Waals surface area contributed by atoms with E-state index in [2.05, 4.69) is 12.2 Å². The van der Waals surface area contributed by atoms with Crippen LogP contribution in [-0.4, -0.2) is 51.3 Å². The predicted octanol–water partition coefficient (Wildman–Crippen LogP) is 6.17. The molecule has 4 N–H and O–H groups in total. The number of nitrogens with zero attached hydrogens (tertiary/aromatic N) is 1. The highest BCUT2D eigenvalue weighted by atomic mass is 19.1. The number of aliphatic hydroxyl groups is 3. The molecule has 1 amide bonds. The summed E-state index contributed by atoms with van der Waals surface area (Å²) in [4.78, 5) is 15.2. The second kappa shape index (κ2) is 14.1. The third-order valence-corrected chi connectivity index (χ3v) is 9.36. The van der Waals surface area contributed by atoms with Crippen LogP contribution in [0.1, 0.15) is 60.9 Å². The van der Waals surface area contributed by atoms with Gasteiger partial charge in [0.05, 0.1) is 43.0 Å². The van der Waals surface area contributed by atoms with Crippen molar-refractivity contribution in [3.8, 4) is 5.75 Å². The molecule has 0 spiro atoms. The molecule has 2 saturated heterocycles. The molecule has 7 atom stereocenters. The van der Waals surface area contributed by atoms with E-state index in [0.29, 0.717) is 43.2 Å². The third kappa shape index (κ3) is 6.86. The third-order valence-electron chi connectivity index (χ3n) is 9.36. The monoisotopic (exact) mass is 625 g/mol. The molecule has 7 nitrogen and oxygen atoms in total. The number of allylic oxidation sites excluding steroid dienone is 5. The zero-order valence-corrected chi connectivity index (χ0v) is 25.5. The van der Waals surface area contributed by atoms with Gasteiger partial charge in [0.1, 0.15) is 11.6 Å². The quantitative estimate of drug-likeness (QED) is 0.212. The molecule has 1 aliphatic carbocycles. The number of phenols is 1. The van der Waals surface area contributed by atoms with Crippen molar-refractivity contribution in [3.05, 3.63) is 126 Å². The van der Waals surface area contributed by atoms with Crippen LogP contribution in [0.2, 0.25) is 0 Å². The Kier molecular flexibility index (Phi) is 9.80. The lowest BCUT2D eigenvalue weighted by Crippen LogP contribution is -2.55. The molecule has 8 heteroatoms. The number of anilines is 1. The number of ether oxygens (including phenoxy) is 1. The van der Waals surface area contributed by atoms with Gasteiger partial charge in [0.25, 0.3) is 0 Å². The maximum atomic E-state index is 13.5. The van der Waals surface area contributed by atoms with E-state index in [1.807, 2.05) is 60.7 Å². The molecule has 0 aromatic heterocycles. The maximum absolute atomic E-state index is 13.5. The summed E-state index contributed by atoms with van der Waals surface area (Å²) in [6.45, 7) is -0.111. The summed E-state index contributed by atoms with van der Waals surface area (Å²) in [5.41, 5.74) is 3.70. The number of halogens is 1. The maximum Gasteiger partial charge on any atom is 0.233 e. The van der Waals surface area contributed by atoms with Crippen molar-refractivity contribution in [1.82, 2.24) is 0 Å². The molecule has 46 heavy (non-hydrogen) atoms. The topological polar surface area (TPSA) is 110 Å². The molecular formula is C38H40FNO6. The lowest BCUT2D eigenvalue weighted by Gasteiger charge is -2.48. The lowest BCUT2D eigenvalue weighted by atomic mass is 9.77. The summed E-state index contributed by atoms with van der Waals surface area (Å²) in [7, 11) is 0. The molecule has 2 aliphatic heterocycles. The first-order valence-electron chi connectivity index (χ1n) is 16.0. The number of β-lactam (4-membered cyclic amide) rings is 1. The number of rotatable bonds is 9. The Bertz CT molecular complexity index is 1600. The number of hydrogen-bond acceptors (Lipinski definition) is 6. The SMILES string of the molecule is O=C1C(CC[C@H](O)c2ccc(F)cc2)[C@@H](c2ccc(C3=C/C=C/C([C@H]4C[C@@H](O)C[C@@H](CO)O4)C/C=C\3)cc2O)N1c1ccccc1. The standard InChI is InChI=1S/C38H40FNO6/c39-28-15-12-25(13-16-28)34(43)19-18-33-37(40(38(33)45)29-10-2-1-3-11-29)32-17-14-27(20-35(32)44)24-6-4-8-26(9-5-7-24)36-22-30(42)21-31(23-41)46-36/h1-8,10-17,20,26,30-31,33-34,36-37,41-44H,9,18-19,21-23H2/b7-5-,8-4+,24-6+/t26?,30-,31-,33?,34-,36+,37+/m0/s1. The van der Waals surface area contributed by atoms with Crippen LogP contribution in [-0.2, 0) is 9.53 Å². The molecule has 2 heterocycles.